The quantitative estimate of drug-likeness (QED) is 0.815. The maximum atomic E-state index is 9.17. The highest BCUT2D eigenvalue weighted by atomic mass is 16.3. The Hall–Kier alpha value is -1.22. The van der Waals surface area contributed by atoms with Crippen molar-refractivity contribution in [2.45, 2.75) is 25.9 Å². The zero-order valence-electron chi connectivity index (χ0n) is 9.82. The molecule has 1 aromatic rings. The Morgan fingerprint density at radius 1 is 1.25 bits per heavy atom. The maximum absolute atomic E-state index is 9.17. The third-order valence-corrected chi connectivity index (χ3v) is 2.94. The van der Waals surface area contributed by atoms with Crippen LogP contribution >= 0.6 is 0 Å². The number of benzene rings is 1. The van der Waals surface area contributed by atoms with Crippen LogP contribution in [-0.4, -0.2) is 30.8 Å². The molecule has 88 valence electrons. The van der Waals surface area contributed by atoms with Crippen LogP contribution in [0.25, 0.3) is 0 Å². The van der Waals surface area contributed by atoms with Gasteiger partial charge in [0.2, 0.25) is 0 Å². The molecule has 1 fully saturated rings. The van der Waals surface area contributed by atoms with Crippen molar-refractivity contribution in [1.82, 2.24) is 0 Å². The van der Waals surface area contributed by atoms with Gasteiger partial charge in [0.05, 0.1) is 6.10 Å². The number of rotatable bonds is 4. The Kier molecular flexibility index (Phi) is 3.67. The van der Waals surface area contributed by atoms with Crippen LogP contribution in [0.3, 0.4) is 0 Å². The van der Waals surface area contributed by atoms with Crippen molar-refractivity contribution in [1.29, 1.82) is 0 Å². The largest absolute Gasteiger partial charge is 0.392 e. The van der Waals surface area contributed by atoms with E-state index in [4.69, 9.17) is 0 Å². The van der Waals surface area contributed by atoms with E-state index in [-0.39, 0.29) is 6.10 Å². The van der Waals surface area contributed by atoms with Crippen molar-refractivity contribution in [3.05, 3.63) is 24.3 Å². The smallest absolute Gasteiger partial charge is 0.0684 e. The van der Waals surface area contributed by atoms with Crippen LogP contribution in [0.5, 0.6) is 0 Å². The molecule has 0 amide bonds. The van der Waals surface area contributed by atoms with E-state index in [2.05, 4.69) is 34.5 Å². The predicted octanol–water partition coefficient (Wildman–Crippen LogP) is 2.08. The zero-order chi connectivity index (χ0) is 11.4. The summed E-state index contributed by atoms with van der Waals surface area (Å²) in [5, 5.41) is 12.4. The molecule has 1 aliphatic heterocycles. The van der Waals surface area contributed by atoms with E-state index in [0.717, 1.165) is 5.69 Å². The van der Waals surface area contributed by atoms with Crippen LogP contribution in [0.2, 0.25) is 0 Å². The first kappa shape index (κ1) is 11.3. The van der Waals surface area contributed by atoms with Gasteiger partial charge < -0.3 is 15.3 Å². The molecule has 0 spiro atoms. The van der Waals surface area contributed by atoms with Crippen molar-refractivity contribution >= 4 is 11.4 Å². The monoisotopic (exact) mass is 220 g/mol. The summed E-state index contributed by atoms with van der Waals surface area (Å²) in [4.78, 5) is 2.42. The number of aliphatic hydroxyl groups excluding tert-OH is 1. The van der Waals surface area contributed by atoms with E-state index in [9.17, 15) is 5.11 Å². The van der Waals surface area contributed by atoms with E-state index in [1.807, 2.05) is 0 Å². The van der Waals surface area contributed by atoms with Crippen LogP contribution in [0.1, 0.15) is 19.8 Å². The SMILES string of the molecule is CC(O)CNc1ccc(N2CCCC2)cc1. The molecule has 1 aromatic carbocycles. The van der Waals surface area contributed by atoms with Crippen molar-refractivity contribution in [3.8, 4) is 0 Å². The highest BCUT2D eigenvalue weighted by Gasteiger charge is 2.11. The second kappa shape index (κ2) is 5.21. The Bertz CT molecular complexity index is 315. The second-order valence-electron chi connectivity index (χ2n) is 4.47. The number of aliphatic hydroxyl groups is 1. The van der Waals surface area contributed by atoms with Gasteiger partial charge in [-0.3, -0.25) is 0 Å². The topological polar surface area (TPSA) is 35.5 Å². The third kappa shape index (κ3) is 2.89. The minimum atomic E-state index is -0.307. The van der Waals surface area contributed by atoms with Crippen molar-refractivity contribution in [2.75, 3.05) is 29.9 Å². The number of hydrogen-bond donors (Lipinski definition) is 2. The molecule has 16 heavy (non-hydrogen) atoms. The van der Waals surface area contributed by atoms with Crippen LogP contribution in [0.4, 0.5) is 11.4 Å². The van der Waals surface area contributed by atoms with Gasteiger partial charge in [-0.25, -0.2) is 0 Å². The first-order valence-corrected chi connectivity index (χ1v) is 6.02. The molecule has 0 aliphatic carbocycles. The molecular weight excluding hydrogens is 200 g/mol. The Morgan fingerprint density at radius 2 is 1.88 bits per heavy atom. The summed E-state index contributed by atoms with van der Waals surface area (Å²) >= 11 is 0. The van der Waals surface area contributed by atoms with E-state index < -0.39 is 0 Å². The van der Waals surface area contributed by atoms with E-state index in [0.29, 0.717) is 6.54 Å². The molecule has 1 heterocycles. The summed E-state index contributed by atoms with van der Waals surface area (Å²) in [6.45, 7) is 4.75. The molecular formula is C13H20N2O. The summed E-state index contributed by atoms with van der Waals surface area (Å²) in [6, 6.07) is 8.46. The van der Waals surface area contributed by atoms with Crippen molar-refractivity contribution < 1.29 is 5.11 Å². The van der Waals surface area contributed by atoms with Crippen LogP contribution < -0.4 is 10.2 Å². The van der Waals surface area contributed by atoms with Crippen LogP contribution in [0.15, 0.2) is 24.3 Å². The van der Waals surface area contributed by atoms with Gasteiger partial charge in [-0.05, 0) is 44.0 Å². The lowest BCUT2D eigenvalue weighted by Crippen LogP contribution is -2.18. The minimum absolute atomic E-state index is 0.307. The number of nitrogens with zero attached hydrogens (tertiary/aromatic N) is 1. The predicted molar refractivity (Wildman–Crippen MR) is 68.1 cm³/mol. The molecule has 0 saturated carbocycles. The fraction of sp³-hybridized carbons (Fsp3) is 0.538. The van der Waals surface area contributed by atoms with Gasteiger partial charge >= 0.3 is 0 Å². The zero-order valence-corrected chi connectivity index (χ0v) is 9.82. The fourth-order valence-corrected chi connectivity index (χ4v) is 2.03. The highest BCUT2D eigenvalue weighted by Crippen LogP contribution is 2.21. The van der Waals surface area contributed by atoms with Crippen molar-refractivity contribution in [2.24, 2.45) is 0 Å². The minimum Gasteiger partial charge on any atom is -0.392 e. The van der Waals surface area contributed by atoms with Gasteiger partial charge in [-0.2, -0.15) is 0 Å². The van der Waals surface area contributed by atoms with Gasteiger partial charge in [0, 0.05) is 31.0 Å². The summed E-state index contributed by atoms with van der Waals surface area (Å²) < 4.78 is 0. The lowest BCUT2D eigenvalue weighted by atomic mass is 10.2. The Morgan fingerprint density at radius 3 is 2.44 bits per heavy atom. The molecule has 3 nitrogen and oxygen atoms in total. The molecule has 1 saturated heterocycles. The molecule has 1 atom stereocenters. The molecule has 1 aliphatic rings. The summed E-state index contributed by atoms with van der Waals surface area (Å²) in [5.41, 5.74) is 2.38. The van der Waals surface area contributed by atoms with E-state index in [1.165, 1.54) is 31.6 Å². The first-order valence-electron chi connectivity index (χ1n) is 6.02. The average molecular weight is 220 g/mol. The molecule has 3 heteroatoms. The fourth-order valence-electron chi connectivity index (χ4n) is 2.03. The highest BCUT2D eigenvalue weighted by molar-refractivity contribution is 5.55. The van der Waals surface area contributed by atoms with Gasteiger partial charge in [-0.15, -0.1) is 0 Å². The molecule has 2 N–H and O–H groups in total. The Balaban J connectivity index is 1.93. The molecule has 1 unspecified atom stereocenters. The molecule has 0 bridgehead atoms. The maximum Gasteiger partial charge on any atom is 0.0684 e. The number of anilines is 2. The normalized spacial score (nSPS) is 17.5. The summed E-state index contributed by atoms with van der Waals surface area (Å²) in [6.07, 6.45) is 2.31. The summed E-state index contributed by atoms with van der Waals surface area (Å²) in [7, 11) is 0. The molecule has 2 rings (SSSR count). The van der Waals surface area contributed by atoms with Gasteiger partial charge in [0.15, 0.2) is 0 Å². The first-order chi connectivity index (χ1) is 7.75. The third-order valence-electron chi connectivity index (χ3n) is 2.94. The summed E-state index contributed by atoms with van der Waals surface area (Å²) in [5.74, 6) is 0. The van der Waals surface area contributed by atoms with E-state index in [1.54, 1.807) is 6.92 Å². The molecule has 0 aromatic heterocycles. The van der Waals surface area contributed by atoms with Gasteiger partial charge in [-0.1, -0.05) is 0 Å². The van der Waals surface area contributed by atoms with Gasteiger partial charge in [0.25, 0.3) is 0 Å². The second-order valence-corrected chi connectivity index (χ2v) is 4.47. The number of hydrogen-bond acceptors (Lipinski definition) is 3. The van der Waals surface area contributed by atoms with Crippen LogP contribution in [0, 0.1) is 0 Å². The standard InChI is InChI=1S/C13H20N2O/c1-11(16)10-14-12-4-6-13(7-5-12)15-8-2-3-9-15/h4-7,11,14,16H,2-3,8-10H2,1H3. The lowest BCUT2D eigenvalue weighted by molar-refractivity contribution is 0.208. The van der Waals surface area contributed by atoms with Gasteiger partial charge in [0.1, 0.15) is 0 Å². The van der Waals surface area contributed by atoms with E-state index >= 15 is 0 Å². The molecule has 0 radical (unpaired) electrons. The number of nitrogens with one attached hydrogen (secondary N) is 1. The van der Waals surface area contributed by atoms with Crippen molar-refractivity contribution in [3.63, 3.8) is 0 Å². The average Bonchev–Trinajstić information content (AvgIpc) is 2.80. The lowest BCUT2D eigenvalue weighted by Gasteiger charge is -2.18. The van der Waals surface area contributed by atoms with Crippen LogP contribution in [-0.2, 0) is 0 Å². The Labute approximate surface area is 97.1 Å².